The summed E-state index contributed by atoms with van der Waals surface area (Å²) >= 11 is 0. The zero-order valence-electron chi connectivity index (χ0n) is 14.8. The van der Waals surface area contributed by atoms with E-state index < -0.39 is 5.97 Å². The van der Waals surface area contributed by atoms with Crippen LogP contribution in [0, 0.1) is 5.92 Å². The molecular formula is C20H25N3O2. The van der Waals surface area contributed by atoms with E-state index >= 15 is 0 Å². The minimum atomic E-state index is -0.673. The number of piperidine rings is 1. The second-order valence-electron chi connectivity index (χ2n) is 6.82. The molecule has 132 valence electrons. The molecule has 2 aromatic rings. The lowest BCUT2D eigenvalue weighted by atomic mass is 9.92. The number of aromatic nitrogens is 1. The molecule has 1 atom stereocenters. The number of likely N-dealkylation sites (tertiary alicyclic amines) is 1. The molecule has 1 fully saturated rings. The van der Waals surface area contributed by atoms with Crippen molar-refractivity contribution in [1.82, 2.24) is 9.88 Å². The fourth-order valence-electron chi connectivity index (χ4n) is 3.51. The van der Waals surface area contributed by atoms with E-state index in [9.17, 15) is 9.90 Å². The van der Waals surface area contributed by atoms with Crippen LogP contribution < -0.4 is 4.90 Å². The van der Waals surface area contributed by atoms with Crippen molar-refractivity contribution in [3.63, 3.8) is 0 Å². The zero-order valence-corrected chi connectivity index (χ0v) is 14.8. The largest absolute Gasteiger partial charge is 0.481 e. The molecule has 0 aliphatic carbocycles. The van der Waals surface area contributed by atoms with Gasteiger partial charge in [0.1, 0.15) is 0 Å². The number of anilines is 1. The van der Waals surface area contributed by atoms with Crippen LogP contribution in [0.4, 0.5) is 5.69 Å². The van der Waals surface area contributed by atoms with E-state index in [-0.39, 0.29) is 12.0 Å². The smallest absolute Gasteiger partial charge is 0.306 e. The zero-order chi connectivity index (χ0) is 17.8. The molecule has 2 heterocycles. The van der Waals surface area contributed by atoms with Gasteiger partial charge in [-0.15, -0.1) is 0 Å². The second-order valence-corrected chi connectivity index (χ2v) is 6.82. The number of rotatable bonds is 5. The topological polar surface area (TPSA) is 56.7 Å². The second kappa shape index (κ2) is 7.66. The maximum absolute atomic E-state index is 11.2. The van der Waals surface area contributed by atoms with Crippen LogP contribution in [0.3, 0.4) is 0 Å². The van der Waals surface area contributed by atoms with E-state index in [1.165, 1.54) is 11.3 Å². The minimum absolute atomic E-state index is 0.111. The maximum Gasteiger partial charge on any atom is 0.306 e. The molecule has 1 aliphatic heterocycles. The highest BCUT2D eigenvalue weighted by Crippen LogP contribution is 2.33. The molecule has 5 nitrogen and oxygen atoms in total. The number of carboxylic acids is 1. The molecule has 1 unspecified atom stereocenters. The number of benzene rings is 1. The van der Waals surface area contributed by atoms with Gasteiger partial charge in [-0.3, -0.25) is 14.7 Å². The van der Waals surface area contributed by atoms with Crippen LogP contribution in [0.15, 0.2) is 48.8 Å². The van der Waals surface area contributed by atoms with E-state index in [4.69, 9.17) is 0 Å². The molecule has 0 spiro atoms. The van der Waals surface area contributed by atoms with Crippen LogP contribution in [0.2, 0.25) is 0 Å². The summed E-state index contributed by atoms with van der Waals surface area (Å²) in [6.07, 6.45) is 5.09. The monoisotopic (exact) mass is 339 g/mol. The van der Waals surface area contributed by atoms with Crippen molar-refractivity contribution in [2.45, 2.75) is 18.9 Å². The first-order chi connectivity index (χ1) is 12.1. The predicted octanol–water partition coefficient (Wildman–Crippen LogP) is 3.03. The SMILES string of the molecule is CN(C)c1ccc(C(c2cccnc2)N2CCC(C(=O)O)CC2)cc1. The molecular weight excluding hydrogens is 314 g/mol. The van der Waals surface area contributed by atoms with Crippen LogP contribution in [-0.2, 0) is 4.79 Å². The first-order valence-electron chi connectivity index (χ1n) is 8.70. The minimum Gasteiger partial charge on any atom is -0.481 e. The molecule has 5 heteroatoms. The Balaban J connectivity index is 1.87. The summed E-state index contributed by atoms with van der Waals surface area (Å²) in [4.78, 5) is 20.0. The number of carbonyl (C=O) groups is 1. The third kappa shape index (κ3) is 3.99. The molecule has 0 amide bonds. The summed E-state index contributed by atoms with van der Waals surface area (Å²) in [6, 6.07) is 12.7. The summed E-state index contributed by atoms with van der Waals surface area (Å²) < 4.78 is 0. The lowest BCUT2D eigenvalue weighted by molar-refractivity contribution is -0.143. The molecule has 1 N–H and O–H groups in total. The quantitative estimate of drug-likeness (QED) is 0.907. The van der Waals surface area contributed by atoms with E-state index in [1.54, 1.807) is 6.20 Å². The molecule has 1 saturated heterocycles. The molecule has 3 rings (SSSR count). The first kappa shape index (κ1) is 17.4. The lowest BCUT2D eigenvalue weighted by Gasteiger charge is -2.37. The summed E-state index contributed by atoms with van der Waals surface area (Å²) in [5, 5.41) is 9.25. The van der Waals surface area contributed by atoms with Gasteiger partial charge in [0, 0.05) is 32.2 Å². The van der Waals surface area contributed by atoms with Crippen LogP contribution in [0.5, 0.6) is 0 Å². The van der Waals surface area contributed by atoms with Gasteiger partial charge in [0.15, 0.2) is 0 Å². The predicted molar refractivity (Wildman–Crippen MR) is 98.8 cm³/mol. The van der Waals surface area contributed by atoms with Gasteiger partial charge in [-0.05, 0) is 55.3 Å². The Hall–Kier alpha value is -2.40. The Bertz CT molecular complexity index is 693. The Morgan fingerprint density at radius 2 is 1.84 bits per heavy atom. The summed E-state index contributed by atoms with van der Waals surface area (Å²) in [5.74, 6) is -0.894. The number of nitrogens with zero attached hydrogens (tertiary/aromatic N) is 3. The van der Waals surface area contributed by atoms with Gasteiger partial charge in [-0.25, -0.2) is 0 Å². The van der Waals surface area contributed by atoms with Crippen molar-refractivity contribution < 1.29 is 9.90 Å². The van der Waals surface area contributed by atoms with Crippen LogP contribution in [0.1, 0.15) is 30.0 Å². The number of aliphatic carboxylic acids is 1. The molecule has 25 heavy (non-hydrogen) atoms. The third-order valence-electron chi connectivity index (χ3n) is 4.97. The Labute approximate surface area is 148 Å². The van der Waals surface area contributed by atoms with Crippen molar-refractivity contribution in [3.8, 4) is 0 Å². The van der Waals surface area contributed by atoms with E-state index in [1.807, 2.05) is 26.4 Å². The van der Waals surface area contributed by atoms with Gasteiger partial charge in [-0.1, -0.05) is 18.2 Å². The average molecular weight is 339 g/mol. The van der Waals surface area contributed by atoms with E-state index in [0.717, 1.165) is 18.7 Å². The van der Waals surface area contributed by atoms with Gasteiger partial charge in [-0.2, -0.15) is 0 Å². The van der Waals surface area contributed by atoms with Crippen molar-refractivity contribution in [2.24, 2.45) is 5.92 Å². The highest BCUT2D eigenvalue weighted by atomic mass is 16.4. The van der Waals surface area contributed by atoms with Crippen LogP contribution in [-0.4, -0.2) is 48.1 Å². The molecule has 1 aliphatic rings. The first-order valence-corrected chi connectivity index (χ1v) is 8.70. The van der Waals surface area contributed by atoms with Crippen LogP contribution in [0.25, 0.3) is 0 Å². The maximum atomic E-state index is 11.2. The molecule has 0 radical (unpaired) electrons. The Morgan fingerprint density at radius 1 is 1.16 bits per heavy atom. The normalized spacial score (nSPS) is 17.2. The Morgan fingerprint density at radius 3 is 2.36 bits per heavy atom. The van der Waals surface area contributed by atoms with Crippen LogP contribution >= 0.6 is 0 Å². The van der Waals surface area contributed by atoms with Gasteiger partial charge in [0.25, 0.3) is 0 Å². The number of pyridine rings is 1. The number of carboxylic acid groups (broad SMARTS) is 1. The molecule has 1 aromatic heterocycles. The van der Waals surface area contributed by atoms with Gasteiger partial charge in [0.2, 0.25) is 0 Å². The standard InChI is InChI=1S/C20H25N3O2/c1-22(2)18-7-5-15(6-8-18)19(17-4-3-11-21-14-17)23-12-9-16(10-13-23)20(24)25/h3-8,11,14,16,19H,9-10,12-13H2,1-2H3,(H,24,25). The molecule has 1 aromatic carbocycles. The highest BCUT2D eigenvalue weighted by Gasteiger charge is 2.30. The van der Waals surface area contributed by atoms with Crippen molar-refractivity contribution in [2.75, 3.05) is 32.1 Å². The lowest BCUT2D eigenvalue weighted by Crippen LogP contribution is -2.39. The van der Waals surface area contributed by atoms with Gasteiger partial charge in [0.05, 0.1) is 12.0 Å². The van der Waals surface area contributed by atoms with Crippen molar-refractivity contribution >= 4 is 11.7 Å². The molecule has 0 saturated carbocycles. The summed E-state index contributed by atoms with van der Waals surface area (Å²) in [5.41, 5.74) is 3.53. The summed E-state index contributed by atoms with van der Waals surface area (Å²) in [6.45, 7) is 1.57. The van der Waals surface area contributed by atoms with Crippen molar-refractivity contribution in [3.05, 3.63) is 59.9 Å². The number of hydrogen-bond donors (Lipinski definition) is 1. The average Bonchev–Trinajstić information content (AvgIpc) is 2.64. The van der Waals surface area contributed by atoms with Gasteiger partial charge < -0.3 is 10.0 Å². The summed E-state index contributed by atoms with van der Waals surface area (Å²) in [7, 11) is 4.06. The molecule has 0 bridgehead atoms. The van der Waals surface area contributed by atoms with E-state index in [0.29, 0.717) is 12.8 Å². The third-order valence-corrected chi connectivity index (χ3v) is 4.97. The Kier molecular flexibility index (Phi) is 5.34. The van der Waals surface area contributed by atoms with Crippen molar-refractivity contribution in [1.29, 1.82) is 0 Å². The van der Waals surface area contributed by atoms with E-state index in [2.05, 4.69) is 45.1 Å². The van der Waals surface area contributed by atoms with Gasteiger partial charge >= 0.3 is 5.97 Å². The number of hydrogen-bond acceptors (Lipinski definition) is 4. The fraction of sp³-hybridized carbons (Fsp3) is 0.400. The fourth-order valence-corrected chi connectivity index (χ4v) is 3.51. The highest BCUT2D eigenvalue weighted by molar-refractivity contribution is 5.70.